The first-order valence-electron chi connectivity index (χ1n) is 7.54. The van der Waals surface area contributed by atoms with E-state index in [2.05, 4.69) is 15.6 Å². The second-order valence-corrected chi connectivity index (χ2v) is 6.14. The van der Waals surface area contributed by atoms with E-state index in [-0.39, 0.29) is 5.91 Å². The lowest BCUT2D eigenvalue weighted by Gasteiger charge is -2.11. The first-order chi connectivity index (χ1) is 12.6. The third-order valence-corrected chi connectivity index (χ3v) is 4.13. The number of nitrogens with one attached hydrogen (secondary N) is 2. The van der Waals surface area contributed by atoms with E-state index >= 15 is 0 Å². The molecule has 0 saturated heterocycles. The van der Waals surface area contributed by atoms with Crippen LogP contribution < -0.4 is 10.6 Å². The molecule has 2 aromatic carbocycles. The van der Waals surface area contributed by atoms with E-state index in [1.54, 1.807) is 54.7 Å². The van der Waals surface area contributed by atoms with Crippen LogP contribution in [0.4, 0.5) is 17.1 Å². The Morgan fingerprint density at radius 1 is 1.00 bits per heavy atom. The van der Waals surface area contributed by atoms with Crippen LogP contribution in [0.15, 0.2) is 60.9 Å². The van der Waals surface area contributed by atoms with Gasteiger partial charge in [-0.3, -0.25) is 9.78 Å². The number of carbonyl (C=O) groups is 1. The van der Waals surface area contributed by atoms with Crippen LogP contribution in [-0.4, -0.2) is 10.9 Å². The summed E-state index contributed by atoms with van der Waals surface area (Å²) in [6.45, 7) is 0. The van der Waals surface area contributed by atoms with Gasteiger partial charge >= 0.3 is 0 Å². The molecular formula is C19H12Cl2N4O. The molecule has 3 aromatic rings. The molecule has 0 bridgehead atoms. The number of benzene rings is 2. The first-order valence-corrected chi connectivity index (χ1v) is 8.30. The highest BCUT2D eigenvalue weighted by Gasteiger charge is 2.10. The van der Waals surface area contributed by atoms with Gasteiger partial charge in [0.1, 0.15) is 0 Å². The summed E-state index contributed by atoms with van der Waals surface area (Å²) < 4.78 is 0. The summed E-state index contributed by atoms with van der Waals surface area (Å²) in [5.74, 6) is -0.323. The Kier molecular flexibility index (Phi) is 5.37. The molecule has 0 radical (unpaired) electrons. The fourth-order valence-electron chi connectivity index (χ4n) is 2.23. The highest BCUT2D eigenvalue weighted by molar-refractivity contribution is 6.39. The monoisotopic (exact) mass is 382 g/mol. The fourth-order valence-corrected chi connectivity index (χ4v) is 2.72. The minimum absolute atomic E-state index is 0.323. The second-order valence-electron chi connectivity index (χ2n) is 5.33. The molecule has 0 spiro atoms. The average Bonchev–Trinajstić information content (AvgIpc) is 2.66. The Labute approximate surface area is 160 Å². The molecule has 1 amide bonds. The van der Waals surface area contributed by atoms with Crippen LogP contribution in [0.3, 0.4) is 0 Å². The Hall–Kier alpha value is -3.07. The predicted octanol–water partition coefficient (Wildman–Crippen LogP) is 5.26. The molecule has 5 nitrogen and oxygen atoms in total. The van der Waals surface area contributed by atoms with Crippen molar-refractivity contribution in [3.05, 3.63) is 82.1 Å². The number of nitriles is 1. The molecule has 0 saturated carbocycles. The van der Waals surface area contributed by atoms with E-state index in [0.717, 1.165) is 0 Å². The topological polar surface area (TPSA) is 77.8 Å². The van der Waals surface area contributed by atoms with Crippen molar-refractivity contribution in [1.82, 2.24) is 4.98 Å². The van der Waals surface area contributed by atoms with E-state index in [9.17, 15) is 4.79 Å². The molecule has 0 atom stereocenters. The van der Waals surface area contributed by atoms with Crippen LogP contribution in [0, 0.1) is 11.3 Å². The van der Waals surface area contributed by atoms with E-state index < -0.39 is 0 Å². The summed E-state index contributed by atoms with van der Waals surface area (Å²) in [7, 11) is 0. The zero-order chi connectivity index (χ0) is 18.5. The van der Waals surface area contributed by atoms with Crippen LogP contribution in [0.2, 0.25) is 10.0 Å². The van der Waals surface area contributed by atoms with Crippen molar-refractivity contribution in [3.8, 4) is 6.07 Å². The lowest BCUT2D eigenvalue weighted by Crippen LogP contribution is -2.12. The number of nitrogens with zero attached hydrogens (tertiary/aromatic N) is 2. The summed E-state index contributed by atoms with van der Waals surface area (Å²) in [6.07, 6.45) is 3.02. The number of rotatable bonds is 4. The SMILES string of the molecule is N#Cc1ccc(NC(=O)c2cncc(Nc3c(Cl)cccc3Cl)c2)cc1. The maximum Gasteiger partial charge on any atom is 0.257 e. The van der Waals surface area contributed by atoms with Crippen LogP contribution in [0.5, 0.6) is 0 Å². The van der Waals surface area contributed by atoms with Crippen molar-refractivity contribution in [2.75, 3.05) is 10.6 Å². The average molecular weight is 383 g/mol. The molecule has 7 heteroatoms. The summed E-state index contributed by atoms with van der Waals surface area (Å²) in [6, 6.07) is 15.4. The highest BCUT2D eigenvalue weighted by atomic mass is 35.5. The Morgan fingerprint density at radius 2 is 1.69 bits per heavy atom. The Bertz CT molecular complexity index is 977. The number of amides is 1. The number of hydrogen-bond acceptors (Lipinski definition) is 4. The number of hydrogen-bond donors (Lipinski definition) is 2. The van der Waals surface area contributed by atoms with Crippen molar-refractivity contribution in [2.24, 2.45) is 0 Å². The molecule has 2 N–H and O–H groups in total. The van der Waals surface area contributed by atoms with E-state index in [1.165, 1.54) is 6.20 Å². The molecule has 1 heterocycles. The zero-order valence-electron chi connectivity index (χ0n) is 13.3. The smallest absolute Gasteiger partial charge is 0.257 e. The van der Waals surface area contributed by atoms with Gasteiger partial charge in [0.05, 0.1) is 44.8 Å². The van der Waals surface area contributed by atoms with E-state index in [4.69, 9.17) is 28.5 Å². The Balaban J connectivity index is 1.78. The number of anilines is 3. The van der Waals surface area contributed by atoms with Gasteiger partial charge in [-0.2, -0.15) is 5.26 Å². The maximum atomic E-state index is 12.4. The van der Waals surface area contributed by atoms with Crippen molar-refractivity contribution in [3.63, 3.8) is 0 Å². The molecule has 0 aliphatic heterocycles. The lowest BCUT2D eigenvalue weighted by molar-refractivity contribution is 0.102. The van der Waals surface area contributed by atoms with Crippen molar-refractivity contribution < 1.29 is 4.79 Å². The Morgan fingerprint density at radius 3 is 2.35 bits per heavy atom. The quantitative estimate of drug-likeness (QED) is 0.645. The summed E-state index contributed by atoms with van der Waals surface area (Å²) >= 11 is 12.3. The second kappa shape index (κ2) is 7.87. The number of halogens is 2. The summed E-state index contributed by atoms with van der Waals surface area (Å²) in [4.78, 5) is 16.5. The number of pyridine rings is 1. The zero-order valence-corrected chi connectivity index (χ0v) is 14.8. The molecular weight excluding hydrogens is 371 g/mol. The summed E-state index contributed by atoms with van der Waals surface area (Å²) in [5.41, 5.74) is 2.59. The molecule has 128 valence electrons. The van der Waals surface area contributed by atoms with Gasteiger partial charge in [-0.25, -0.2) is 0 Å². The van der Waals surface area contributed by atoms with Gasteiger partial charge in [-0.05, 0) is 42.5 Å². The van der Waals surface area contributed by atoms with Gasteiger partial charge < -0.3 is 10.6 Å². The van der Waals surface area contributed by atoms with Gasteiger partial charge in [0.2, 0.25) is 0 Å². The molecule has 0 aliphatic carbocycles. The van der Waals surface area contributed by atoms with Gasteiger partial charge in [-0.1, -0.05) is 29.3 Å². The minimum atomic E-state index is -0.323. The van der Waals surface area contributed by atoms with Crippen LogP contribution in [-0.2, 0) is 0 Å². The van der Waals surface area contributed by atoms with Gasteiger partial charge in [0.25, 0.3) is 5.91 Å². The minimum Gasteiger partial charge on any atom is -0.352 e. The molecule has 3 rings (SSSR count). The van der Waals surface area contributed by atoms with Crippen LogP contribution in [0.25, 0.3) is 0 Å². The van der Waals surface area contributed by atoms with E-state index in [0.29, 0.717) is 38.2 Å². The first kappa shape index (κ1) is 17.7. The molecule has 1 aromatic heterocycles. The van der Waals surface area contributed by atoms with Gasteiger partial charge in [0, 0.05) is 11.9 Å². The third kappa shape index (κ3) is 4.12. The molecule has 26 heavy (non-hydrogen) atoms. The lowest BCUT2D eigenvalue weighted by atomic mass is 10.2. The largest absolute Gasteiger partial charge is 0.352 e. The van der Waals surface area contributed by atoms with Crippen molar-refractivity contribution in [2.45, 2.75) is 0 Å². The standard InChI is InChI=1S/C19H12Cl2N4O/c20-16-2-1-3-17(21)18(16)24-15-8-13(10-23-11-15)19(26)25-14-6-4-12(9-22)5-7-14/h1-8,10-11,24H,(H,25,26). The number of carbonyl (C=O) groups excluding carboxylic acids is 1. The van der Waals surface area contributed by atoms with Gasteiger partial charge in [-0.15, -0.1) is 0 Å². The fraction of sp³-hybridized carbons (Fsp3) is 0. The number of para-hydroxylation sites is 1. The maximum absolute atomic E-state index is 12.4. The normalized spacial score (nSPS) is 10.0. The van der Waals surface area contributed by atoms with Gasteiger partial charge in [0.15, 0.2) is 0 Å². The predicted molar refractivity (Wildman–Crippen MR) is 103 cm³/mol. The van der Waals surface area contributed by atoms with Crippen LogP contribution >= 0.6 is 23.2 Å². The summed E-state index contributed by atoms with van der Waals surface area (Å²) in [5, 5.41) is 15.6. The van der Waals surface area contributed by atoms with Crippen LogP contribution in [0.1, 0.15) is 15.9 Å². The third-order valence-electron chi connectivity index (χ3n) is 3.50. The highest BCUT2D eigenvalue weighted by Crippen LogP contribution is 2.32. The van der Waals surface area contributed by atoms with Crippen molar-refractivity contribution >= 4 is 46.2 Å². The molecule has 0 aliphatic rings. The number of aromatic nitrogens is 1. The molecule has 0 fully saturated rings. The molecule has 0 unspecified atom stereocenters. The van der Waals surface area contributed by atoms with E-state index in [1.807, 2.05) is 6.07 Å². The van der Waals surface area contributed by atoms with Crippen molar-refractivity contribution in [1.29, 1.82) is 5.26 Å².